The Hall–Kier alpha value is -1.43. The summed E-state index contributed by atoms with van der Waals surface area (Å²) >= 11 is 0. The van der Waals surface area contributed by atoms with Crippen molar-refractivity contribution in [2.45, 2.75) is 59.2 Å². The summed E-state index contributed by atoms with van der Waals surface area (Å²) in [6.45, 7) is 11.6. The topological polar surface area (TPSA) is 60.1 Å². The van der Waals surface area contributed by atoms with Crippen LogP contribution in [0, 0.1) is 11.8 Å². The van der Waals surface area contributed by atoms with Gasteiger partial charge in [0.15, 0.2) is 0 Å². The van der Waals surface area contributed by atoms with E-state index < -0.39 is 11.1 Å². The number of likely N-dealkylation sites (tertiary alicyclic amines) is 1. The lowest BCUT2D eigenvalue weighted by Crippen LogP contribution is -2.44. The summed E-state index contributed by atoms with van der Waals surface area (Å²) in [6.07, 6.45) is 1.07. The van der Waals surface area contributed by atoms with Gasteiger partial charge in [0.1, 0.15) is 5.82 Å². The van der Waals surface area contributed by atoms with E-state index in [2.05, 4.69) is 23.8 Å². The summed E-state index contributed by atoms with van der Waals surface area (Å²) in [5, 5.41) is 4.57. The average Bonchev–Trinajstić information content (AvgIpc) is 2.82. The highest BCUT2D eigenvalue weighted by Gasteiger charge is 2.40. The second kappa shape index (κ2) is 5.65. The molecule has 6 heteroatoms. The molecule has 0 N–H and O–H groups in total. The fraction of sp³-hybridized carbons (Fsp3) is 0.812. The van der Waals surface area contributed by atoms with Crippen LogP contribution < -0.4 is 11.1 Å². The van der Waals surface area contributed by atoms with Crippen molar-refractivity contribution in [3.05, 3.63) is 26.5 Å². The molecule has 0 saturated carbocycles. The lowest BCUT2D eigenvalue weighted by Gasteiger charge is -2.36. The number of nitrogens with zero attached hydrogens (tertiary/aromatic N) is 4. The Bertz CT molecular complexity index is 674. The molecular formula is C16H26N4O2. The molecule has 2 atom stereocenters. The van der Waals surface area contributed by atoms with Crippen molar-refractivity contribution in [2.75, 3.05) is 13.1 Å². The molecule has 0 aliphatic carbocycles. The highest BCUT2D eigenvalue weighted by atomic mass is 16.2. The van der Waals surface area contributed by atoms with E-state index in [1.807, 2.05) is 13.8 Å². The Morgan fingerprint density at radius 2 is 1.86 bits per heavy atom. The number of rotatable bonds is 3. The van der Waals surface area contributed by atoms with Crippen LogP contribution in [0.5, 0.6) is 0 Å². The highest BCUT2D eigenvalue weighted by molar-refractivity contribution is 5.10. The van der Waals surface area contributed by atoms with Crippen molar-refractivity contribution in [1.29, 1.82) is 0 Å². The Morgan fingerprint density at radius 3 is 2.50 bits per heavy atom. The Labute approximate surface area is 130 Å². The molecule has 1 saturated heterocycles. The normalized spacial score (nSPS) is 24.8. The van der Waals surface area contributed by atoms with Gasteiger partial charge in [0, 0.05) is 31.6 Å². The molecule has 22 heavy (non-hydrogen) atoms. The minimum atomic E-state index is -0.475. The first-order valence-corrected chi connectivity index (χ1v) is 8.34. The van der Waals surface area contributed by atoms with Crippen LogP contribution in [0.25, 0.3) is 0 Å². The molecule has 1 fully saturated rings. The standard InChI is InChI=1S/C16H26N4O2/c1-10(2)7-20-16(22)15(21)19-8-12-5-6-18(11(3)4)9-13(12)14(19)17-20/h10-13H,5-9H2,1-4H3/t12-,13+/m1/s1. The molecule has 2 aliphatic rings. The molecule has 0 amide bonds. The number of aromatic nitrogens is 3. The fourth-order valence-corrected chi connectivity index (χ4v) is 3.71. The van der Waals surface area contributed by atoms with Gasteiger partial charge in [0.2, 0.25) is 0 Å². The van der Waals surface area contributed by atoms with Gasteiger partial charge >= 0.3 is 11.1 Å². The van der Waals surface area contributed by atoms with Crippen LogP contribution >= 0.6 is 0 Å². The van der Waals surface area contributed by atoms with Crippen LogP contribution in [0.1, 0.15) is 45.9 Å². The van der Waals surface area contributed by atoms with E-state index in [1.165, 1.54) is 4.68 Å². The second-order valence-corrected chi connectivity index (χ2v) is 7.40. The maximum absolute atomic E-state index is 12.4. The third-order valence-electron chi connectivity index (χ3n) is 4.97. The lowest BCUT2D eigenvalue weighted by molar-refractivity contribution is 0.133. The minimum Gasteiger partial charge on any atom is -0.300 e. The van der Waals surface area contributed by atoms with Crippen molar-refractivity contribution in [3.63, 3.8) is 0 Å². The molecule has 0 radical (unpaired) electrons. The quantitative estimate of drug-likeness (QED) is 0.778. The van der Waals surface area contributed by atoms with E-state index in [1.54, 1.807) is 4.57 Å². The van der Waals surface area contributed by atoms with Gasteiger partial charge in [-0.2, -0.15) is 5.10 Å². The minimum absolute atomic E-state index is 0.280. The fourth-order valence-electron chi connectivity index (χ4n) is 3.71. The predicted octanol–water partition coefficient (Wildman–Crippen LogP) is 0.889. The molecule has 0 spiro atoms. The molecule has 6 nitrogen and oxygen atoms in total. The van der Waals surface area contributed by atoms with Crippen LogP contribution in [-0.2, 0) is 13.1 Å². The summed E-state index contributed by atoms with van der Waals surface area (Å²) in [4.78, 5) is 27.0. The molecule has 122 valence electrons. The first-order valence-electron chi connectivity index (χ1n) is 8.34. The van der Waals surface area contributed by atoms with Gasteiger partial charge in [-0.3, -0.25) is 14.2 Å². The molecule has 2 aliphatic heterocycles. The molecule has 3 heterocycles. The monoisotopic (exact) mass is 306 g/mol. The summed E-state index contributed by atoms with van der Waals surface area (Å²) in [6, 6.07) is 0.503. The summed E-state index contributed by atoms with van der Waals surface area (Å²) in [5.41, 5.74) is -0.868. The van der Waals surface area contributed by atoms with Crippen molar-refractivity contribution >= 4 is 0 Å². The van der Waals surface area contributed by atoms with Gasteiger partial charge in [-0.25, -0.2) is 4.68 Å². The van der Waals surface area contributed by atoms with Gasteiger partial charge in [-0.05, 0) is 38.6 Å². The maximum atomic E-state index is 12.4. The lowest BCUT2D eigenvalue weighted by atomic mass is 9.87. The van der Waals surface area contributed by atoms with Crippen LogP contribution in [0.4, 0.5) is 0 Å². The Morgan fingerprint density at radius 1 is 1.14 bits per heavy atom. The number of fused-ring (bicyclic) bond motifs is 3. The van der Waals surface area contributed by atoms with Crippen molar-refractivity contribution in [1.82, 2.24) is 19.2 Å². The molecule has 1 aromatic heterocycles. The number of hydrogen-bond acceptors (Lipinski definition) is 4. The van der Waals surface area contributed by atoms with Crippen LogP contribution in [0.3, 0.4) is 0 Å². The van der Waals surface area contributed by atoms with Crippen molar-refractivity contribution < 1.29 is 0 Å². The largest absolute Gasteiger partial charge is 0.332 e. The van der Waals surface area contributed by atoms with Gasteiger partial charge in [0.05, 0.1) is 0 Å². The number of piperidine rings is 1. The zero-order valence-electron chi connectivity index (χ0n) is 14.0. The molecule has 0 aromatic carbocycles. The summed E-state index contributed by atoms with van der Waals surface area (Å²) < 4.78 is 3.02. The van der Waals surface area contributed by atoms with Crippen LogP contribution in [0.2, 0.25) is 0 Å². The zero-order valence-corrected chi connectivity index (χ0v) is 14.0. The summed E-state index contributed by atoms with van der Waals surface area (Å²) in [5.74, 6) is 1.84. The van der Waals surface area contributed by atoms with Crippen molar-refractivity contribution in [2.24, 2.45) is 11.8 Å². The first-order chi connectivity index (χ1) is 10.4. The van der Waals surface area contributed by atoms with Gasteiger partial charge in [0.25, 0.3) is 0 Å². The van der Waals surface area contributed by atoms with Gasteiger partial charge in [-0.1, -0.05) is 13.8 Å². The Kier molecular flexibility index (Phi) is 3.97. The van der Waals surface area contributed by atoms with Gasteiger partial charge in [-0.15, -0.1) is 0 Å². The zero-order chi connectivity index (χ0) is 16.0. The summed E-state index contributed by atoms with van der Waals surface area (Å²) in [7, 11) is 0. The molecule has 0 unspecified atom stereocenters. The van der Waals surface area contributed by atoms with Gasteiger partial charge < -0.3 is 4.90 Å². The van der Waals surface area contributed by atoms with Crippen molar-refractivity contribution in [3.8, 4) is 0 Å². The van der Waals surface area contributed by atoms with E-state index in [4.69, 9.17) is 0 Å². The molecule has 1 aromatic rings. The molecule has 3 rings (SSSR count). The highest BCUT2D eigenvalue weighted by Crippen LogP contribution is 2.37. The molecule has 0 bridgehead atoms. The predicted molar refractivity (Wildman–Crippen MR) is 85.2 cm³/mol. The smallest absolute Gasteiger partial charge is 0.300 e. The van der Waals surface area contributed by atoms with E-state index in [-0.39, 0.29) is 5.92 Å². The molecular weight excluding hydrogens is 280 g/mol. The average molecular weight is 306 g/mol. The third-order valence-corrected chi connectivity index (χ3v) is 4.97. The van der Waals surface area contributed by atoms with E-state index in [0.717, 1.165) is 25.3 Å². The van der Waals surface area contributed by atoms with E-state index in [9.17, 15) is 9.59 Å². The second-order valence-electron chi connectivity index (χ2n) is 7.40. The maximum Gasteiger partial charge on any atom is 0.332 e. The SMILES string of the molecule is CC(C)Cn1nc2n(c(=O)c1=O)C[C@H]1CCN(C(C)C)C[C@H]21. The first kappa shape index (κ1) is 15.5. The third kappa shape index (κ3) is 2.53. The van der Waals surface area contributed by atoms with Crippen LogP contribution in [-0.4, -0.2) is 38.4 Å². The van der Waals surface area contributed by atoms with E-state index in [0.29, 0.717) is 31.0 Å². The number of hydrogen-bond donors (Lipinski definition) is 0. The van der Waals surface area contributed by atoms with E-state index >= 15 is 0 Å². The van der Waals surface area contributed by atoms with Crippen LogP contribution in [0.15, 0.2) is 9.59 Å². The Balaban J connectivity index is 2.00.